The lowest BCUT2D eigenvalue weighted by Gasteiger charge is -2.05. The van der Waals surface area contributed by atoms with E-state index in [9.17, 15) is 9.59 Å². The smallest absolute Gasteiger partial charge is 0.305 e. The number of fused-ring (bicyclic) bond motifs is 1. The first kappa shape index (κ1) is 14.5. The third kappa shape index (κ3) is 5.72. The van der Waals surface area contributed by atoms with E-state index in [4.69, 9.17) is 9.47 Å². The molecule has 0 saturated carbocycles. The van der Waals surface area contributed by atoms with Gasteiger partial charge in [-0.15, -0.1) is 0 Å². The molecule has 0 N–H and O–H groups in total. The first-order valence-electron chi connectivity index (χ1n) is 7.58. The molecule has 2 aliphatic rings. The van der Waals surface area contributed by atoms with Crippen LogP contribution in [0.5, 0.6) is 0 Å². The summed E-state index contributed by atoms with van der Waals surface area (Å²) in [5, 5.41) is 0. The zero-order valence-electron chi connectivity index (χ0n) is 11.6. The minimum absolute atomic E-state index is 0.183. The van der Waals surface area contributed by atoms with Gasteiger partial charge in [-0.3, -0.25) is 9.59 Å². The number of hydrogen-bond donors (Lipinski definition) is 0. The summed E-state index contributed by atoms with van der Waals surface area (Å²) in [6, 6.07) is 0. The topological polar surface area (TPSA) is 55.9 Å². The van der Waals surface area contributed by atoms with Crippen molar-refractivity contribution in [2.24, 2.45) is 0 Å². The first-order chi connectivity index (χ1) is 9.25. The van der Waals surface area contributed by atoms with Crippen LogP contribution in [0, 0.1) is 0 Å². The predicted octanol–water partition coefficient (Wildman–Crippen LogP) is 2.78. The summed E-state index contributed by atoms with van der Waals surface area (Å²) in [5.74, 6) is 0.0996. The molecule has 2 atom stereocenters. The molecule has 4 heteroatoms. The largest absolute Gasteiger partial charge is 0.466 e. The molecule has 2 aliphatic heterocycles. The number of ether oxygens (including phenoxy) is 2. The number of esters is 1. The molecular formula is C15H24O4. The molecule has 4 nitrogen and oxygen atoms in total. The van der Waals surface area contributed by atoms with Crippen molar-refractivity contribution in [3.63, 3.8) is 0 Å². The quantitative estimate of drug-likeness (QED) is 0.501. The summed E-state index contributed by atoms with van der Waals surface area (Å²) in [6.07, 6.45) is 9.26. The molecule has 0 radical (unpaired) electrons. The third-order valence-electron chi connectivity index (χ3n) is 3.88. The third-order valence-corrected chi connectivity index (χ3v) is 3.88. The molecule has 2 rings (SSSR count). The Morgan fingerprint density at radius 2 is 1.53 bits per heavy atom. The van der Waals surface area contributed by atoms with E-state index in [2.05, 4.69) is 0 Å². The Hall–Kier alpha value is -0.900. The van der Waals surface area contributed by atoms with Crippen LogP contribution in [-0.4, -0.2) is 30.6 Å². The molecular weight excluding hydrogens is 244 g/mol. The Bertz CT molecular complexity index is 313. The van der Waals surface area contributed by atoms with Gasteiger partial charge in [0, 0.05) is 25.7 Å². The van der Waals surface area contributed by atoms with E-state index in [1.165, 1.54) is 12.8 Å². The van der Waals surface area contributed by atoms with Gasteiger partial charge < -0.3 is 9.47 Å². The zero-order valence-corrected chi connectivity index (χ0v) is 11.6. The SMILES string of the molecule is O=C1CCCCCC[C@H]2O[C@H]2CCOC(=O)CCC1. The van der Waals surface area contributed by atoms with Crippen molar-refractivity contribution < 1.29 is 19.1 Å². The highest BCUT2D eigenvalue weighted by Gasteiger charge is 2.37. The van der Waals surface area contributed by atoms with Crippen molar-refractivity contribution in [3.8, 4) is 0 Å². The number of carbonyl (C=O) groups is 2. The molecule has 2 fully saturated rings. The van der Waals surface area contributed by atoms with E-state index >= 15 is 0 Å². The summed E-state index contributed by atoms with van der Waals surface area (Å²) in [6.45, 7) is 0.452. The van der Waals surface area contributed by atoms with E-state index in [1.54, 1.807) is 0 Å². The minimum atomic E-state index is -0.183. The van der Waals surface area contributed by atoms with Gasteiger partial charge in [0.15, 0.2) is 0 Å². The molecule has 2 heterocycles. The monoisotopic (exact) mass is 268 g/mol. The number of carbonyl (C=O) groups excluding carboxylic acids is 2. The molecule has 0 unspecified atom stereocenters. The predicted molar refractivity (Wildman–Crippen MR) is 70.8 cm³/mol. The van der Waals surface area contributed by atoms with Gasteiger partial charge in [-0.1, -0.05) is 19.3 Å². The van der Waals surface area contributed by atoms with E-state index in [0.717, 1.165) is 25.7 Å². The van der Waals surface area contributed by atoms with Gasteiger partial charge >= 0.3 is 5.97 Å². The number of hydrogen-bond acceptors (Lipinski definition) is 4. The molecule has 0 amide bonds. The maximum atomic E-state index is 11.6. The average molecular weight is 268 g/mol. The minimum Gasteiger partial charge on any atom is -0.466 e. The highest BCUT2D eigenvalue weighted by molar-refractivity contribution is 5.79. The van der Waals surface area contributed by atoms with Crippen LogP contribution in [0.2, 0.25) is 0 Å². The number of cyclic esters (lactones) is 1. The molecule has 0 aromatic heterocycles. The average Bonchev–Trinajstić information content (AvgIpc) is 3.11. The van der Waals surface area contributed by atoms with Crippen molar-refractivity contribution in [1.82, 2.24) is 0 Å². The van der Waals surface area contributed by atoms with Crippen molar-refractivity contribution in [1.29, 1.82) is 0 Å². The molecule has 0 aliphatic carbocycles. The van der Waals surface area contributed by atoms with Gasteiger partial charge in [-0.2, -0.15) is 0 Å². The van der Waals surface area contributed by atoms with Gasteiger partial charge in [0.25, 0.3) is 0 Å². The van der Waals surface area contributed by atoms with Crippen molar-refractivity contribution in [2.75, 3.05) is 6.61 Å². The van der Waals surface area contributed by atoms with Crippen molar-refractivity contribution in [2.45, 2.75) is 76.4 Å². The van der Waals surface area contributed by atoms with E-state index in [-0.39, 0.29) is 11.8 Å². The molecule has 0 aromatic carbocycles. The second-order valence-corrected chi connectivity index (χ2v) is 5.57. The van der Waals surface area contributed by atoms with Crippen LogP contribution in [0.1, 0.15) is 64.2 Å². The van der Waals surface area contributed by atoms with Gasteiger partial charge in [0.05, 0.1) is 18.8 Å². The number of Topliss-reactive ketones (excluding diaryl/α,β-unsaturated/α-hetero) is 1. The summed E-state index contributed by atoms with van der Waals surface area (Å²) < 4.78 is 10.7. The molecule has 108 valence electrons. The van der Waals surface area contributed by atoms with Gasteiger partial charge in [-0.25, -0.2) is 0 Å². The van der Waals surface area contributed by atoms with Crippen LogP contribution in [-0.2, 0) is 19.1 Å². The highest BCUT2D eigenvalue weighted by atomic mass is 16.6. The second kappa shape index (κ2) is 7.63. The first-order valence-corrected chi connectivity index (χ1v) is 7.58. The number of rotatable bonds is 0. The number of ketones is 1. The van der Waals surface area contributed by atoms with Crippen LogP contribution in [0.15, 0.2) is 0 Å². The zero-order chi connectivity index (χ0) is 13.5. The van der Waals surface area contributed by atoms with Gasteiger partial charge in [-0.05, 0) is 19.3 Å². The Morgan fingerprint density at radius 1 is 0.789 bits per heavy atom. The summed E-state index contributed by atoms with van der Waals surface area (Å²) in [4.78, 5) is 23.0. The fraction of sp³-hybridized carbons (Fsp3) is 0.867. The normalized spacial score (nSPS) is 31.4. The van der Waals surface area contributed by atoms with Gasteiger partial charge in [0.2, 0.25) is 0 Å². The lowest BCUT2D eigenvalue weighted by Crippen LogP contribution is -2.09. The highest BCUT2D eigenvalue weighted by Crippen LogP contribution is 2.30. The van der Waals surface area contributed by atoms with Gasteiger partial charge in [0.1, 0.15) is 5.78 Å². The fourth-order valence-corrected chi connectivity index (χ4v) is 2.62. The second-order valence-electron chi connectivity index (χ2n) is 5.57. The van der Waals surface area contributed by atoms with Crippen LogP contribution in [0.4, 0.5) is 0 Å². The summed E-state index contributed by atoms with van der Waals surface area (Å²) >= 11 is 0. The maximum absolute atomic E-state index is 11.6. The molecule has 19 heavy (non-hydrogen) atoms. The number of epoxide rings is 1. The van der Waals surface area contributed by atoms with Crippen LogP contribution >= 0.6 is 0 Å². The molecule has 0 bridgehead atoms. The molecule has 0 spiro atoms. The summed E-state index contributed by atoms with van der Waals surface area (Å²) in [7, 11) is 0. The van der Waals surface area contributed by atoms with Crippen molar-refractivity contribution >= 4 is 11.8 Å². The van der Waals surface area contributed by atoms with Crippen molar-refractivity contribution in [3.05, 3.63) is 0 Å². The molecule has 2 saturated heterocycles. The molecule has 0 aromatic rings. The Kier molecular flexibility index (Phi) is 5.83. The Labute approximate surface area is 114 Å². The van der Waals surface area contributed by atoms with E-state index < -0.39 is 0 Å². The standard InChI is InChI=1S/C15H24O4/c16-12-6-3-1-2-4-8-13-14(19-13)10-11-18-15(17)9-5-7-12/h13-14H,1-11H2/t13-,14+/m1/s1. The Balaban J connectivity index is 1.71. The van der Waals surface area contributed by atoms with Crippen LogP contribution in [0.3, 0.4) is 0 Å². The van der Waals surface area contributed by atoms with Crippen LogP contribution < -0.4 is 0 Å². The lowest BCUT2D eigenvalue weighted by molar-refractivity contribution is -0.143. The Morgan fingerprint density at radius 3 is 2.42 bits per heavy atom. The van der Waals surface area contributed by atoms with E-state index in [1.807, 2.05) is 0 Å². The van der Waals surface area contributed by atoms with Crippen LogP contribution in [0.25, 0.3) is 0 Å². The summed E-state index contributed by atoms with van der Waals surface area (Å²) in [5.41, 5.74) is 0. The fourth-order valence-electron chi connectivity index (χ4n) is 2.62. The maximum Gasteiger partial charge on any atom is 0.305 e. The lowest BCUT2D eigenvalue weighted by atomic mass is 10.0. The van der Waals surface area contributed by atoms with E-state index in [0.29, 0.717) is 44.5 Å².